The number of hydrogen-bond acceptors (Lipinski definition) is 5. The van der Waals surface area contributed by atoms with Gasteiger partial charge in [0.2, 0.25) is 11.8 Å². The first kappa shape index (κ1) is 21.3. The lowest BCUT2D eigenvalue weighted by atomic mass is 10.2. The third kappa shape index (κ3) is 5.81. The largest absolute Gasteiger partial charge is 0.445 e. The van der Waals surface area contributed by atoms with Crippen molar-refractivity contribution in [2.75, 3.05) is 18.4 Å². The summed E-state index contributed by atoms with van der Waals surface area (Å²) in [5, 5.41) is 14.3. The van der Waals surface area contributed by atoms with Crippen molar-refractivity contribution >= 4 is 23.6 Å². The first-order valence-corrected chi connectivity index (χ1v) is 9.81. The van der Waals surface area contributed by atoms with E-state index in [1.807, 2.05) is 30.3 Å². The molecule has 3 rings (SSSR count). The second-order valence-electron chi connectivity index (χ2n) is 7.00. The number of alkyl carbamates (subject to hydrolysis) is 1. The van der Waals surface area contributed by atoms with Gasteiger partial charge in [-0.05, 0) is 36.1 Å². The molecule has 1 fully saturated rings. The molecular weight excluding hydrogens is 386 g/mol. The molecule has 0 aromatic heterocycles. The zero-order chi connectivity index (χ0) is 21.3. The first-order valence-electron chi connectivity index (χ1n) is 9.81. The van der Waals surface area contributed by atoms with Gasteiger partial charge in [0.1, 0.15) is 19.2 Å². The molecule has 1 aliphatic heterocycles. The maximum absolute atomic E-state index is 12.6. The molecule has 1 unspecified atom stereocenters. The molecule has 2 aromatic rings. The average molecular weight is 411 g/mol. The van der Waals surface area contributed by atoms with E-state index in [1.54, 1.807) is 24.3 Å². The monoisotopic (exact) mass is 411 g/mol. The van der Waals surface area contributed by atoms with Crippen molar-refractivity contribution < 1.29 is 24.2 Å². The fourth-order valence-corrected chi connectivity index (χ4v) is 3.28. The van der Waals surface area contributed by atoms with Crippen molar-refractivity contribution in [2.24, 2.45) is 0 Å². The molecule has 0 radical (unpaired) electrons. The van der Waals surface area contributed by atoms with E-state index < -0.39 is 12.1 Å². The standard InChI is InChI=1S/C22H25N3O5/c26-14-16-8-10-18(11-9-16)24-21(28)19-7-4-12-25(19)20(27)13-23-22(29)30-15-17-5-2-1-3-6-17/h1-3,5-6,8-11,19,26H,4,7,12-15H2,(H,23,29)(H,24,28). The van der Waals surface area contributed by atoms with Crippen LogP contribution in [0, 0.1) is 0 Å². The minimum atomic E-state index is -0.684. The molecule has 2 aromatic carbocycles. The van der Waals surface area contributed by atoms with Gasteiger partial charge in [-0.25, -0.2) is 4.79 Å². The van der Waals surface area contributed by atoms with Crippen molar-refractivity contribution in [3.63, 3.8) is 0 Å². The summed E-state index contributed by atoms with van der Waals surface area (Å²) in [6.07, 6.45) is 0.590. The molecular formula is C22H25N3O5. The Balaban J connectivity index is 1.47. The van der Waals surface area contributed by atoms with E-state index in [2.05, 4.69) is 10.6 Å². The van der Waals surface area contributed by atoms with Gasteiger partial charge in [0.25, 0.3) is 0 Å². The van der Waals surface area contributed by atoms with E-state index in [0.29, 0.717) is 25.1 Å². The van der Waals surface area contributed by atoms with Crippen LogP contribution in [-0.2, 0) is 27.5 Å². The van der Waals surface area contributed by atoms with Crippen molar-refractivity contribution in [1.82, 2.24) is 10.2 Å². The normalized spacial score (nSPS) is 15.5. The summed E-state index contributed by atoms with van der Waals surface area (Å²) < 4.78 is 5.10. The highest BCUT2D eigenvalue weighted by molar-refractivity contribution is 5.98. The number of benzene rings is 2. The summed E-state index contributed by atoms with van der Waals surface area (Å²) in [7, 11) is 0. The number of carbonyl (C=O) groups excluding carboxylic acids is 3. The Morgan fingerprint density at radius 1 is 1.03 bits per heavy atom. The number of nitrogens with zero attached hydrogens (tertiary/aromatic N) is 1. The van der Waals surface area contributed by atoms with Gasteiger partial charge in [-0.1, -0.05) is 42.5 Å². The second-order valence-corrected chi connectivity index (χ2v) is 7.00. The van der Waals surface area contributed by atoms with Crippen molar-refractivity contribution in [3.05, 3.63) is 65.7 Å². The molecule has 0 bridgehead atoms. The number of rotatable bonds is 7. The maximum Gasteiger partial charge on any atom is 0.407 e. The molecule has 158 valence electrons. The summed E-state index contributed by atoms with van der Waals surface area (Å²) in [6, 6.07) is 15.5. The van der Waals surface area contributed by atoms with Gasteiger partial charge >= 0.3 is 6.09 Å². The van der Waals surface area contributed by atoms with Gasteiger partial charge in [0.05, 0.1) is 6.61 Å². The number of ether oxygens (including phenoxy) is 1. The van der Waals surface area contributed by atoms with Gasteiger partial charge in [-0.2, -0.15) is 0 Å². The summed E-state index contributed by atoms with van der Waals surface area (Å²) in [6.45, 7) is 0.272. The predicted molar refractivity (Wildman–Crippen MR) is 110 cm³/mol. The molecule has 8 heteroatoms. The summed E-state index contributed by atoms with van der Waals surface area (Å²) >= 11 is 0. The number of aliphatic hydroxyl groups is 1. The first-order chi connectivity index (χ1) is 14.6. The average Bonchev–Trinajstić information content (AvgIpc) is 3.27. The highest BCUT2D eigenvalue weighted by atomic mass is 16.5. The van der Waals surface area contributed by atoms with E-state index in [9.17, 15) is 14.4 Å². The SMILES string of the molecule is O=C(NCC(=O)N1CCCC1C(=O)Nc1ccc(CO)cc1)OCc1ccccc1. The summed E-state index contributed by atoms with van der Waals surface area (Å²) in [5.74, 6) is -0.607. The maximum atomic E-state index is 12.6. The molecule has 0 aliphatic carbocycles. The van der Waals surface area contributed by atoms with Crippen LogP contribution in [0.25, 0.3) is 0 Å². The van der Waals surface area contributed by atoms with Crippen LogP contribution in [-0.4, -0.2) is 47.0 Å². The number of carbonyl (C=O) groups is 3. The van der Waals surface area contributed by atoms with Crippen molar-refractivity contribution in [1.29, 1.82) is 0 Å². The van der Waals surface area contributed by atoms with Crippen molar-refractivity contribution in [2.45, 2.75) is 32.1 Å². The van der Waals surface area contributed by atoms with Crippen LogP contribution < -0.4 is 10.6 Å². The van der Waals surface area contributed by atoms with Crippen LogP contribution in [0.1, 0.15) is 24.0 Å². The zero-order valence-corrected chi connectivity index (χ0v) is 16.5. The number of likely N-dealkylation sites (tertiary alicyclic amines) is 1. The third-order valence-electron chi connectivity index (χ3n) is 4.88. The summed E-state index contributed by atoms with van der Waals surface area (Å²) in [5.41, 5.74) is 2.19. The quantitative estimate of drug-likeness (QED) is 0.646. The Morgan fingerprint density at radius 2 is 1.77 bits per heavy atom. The lowest BCUT2D eigenvalue weighted by molar-refractivity contribution is -0.135. The Labute approximate surface area is 174 Å². The molecule has 1 heterocycles. The molecule has 30 heavy (non-hydrogen) atoms. The van der Waals surface area contributed by atoms with Crippen LogP contribution >= 0.6 is 0 Å². The van der Waals surface area contributed by atoms with Gasteiger partial charge in [-0.15, -0.1) is 0 Å². The van der Waals surface area contributed by atoms with Crippen LogP contribution in [0.3, 0.4) is 0 Å². The Kier molecular flexibility index (Phi) is 7.40. The topological polar surface area (TPSA) is 108 Å². The fraction of sp³-hybridized carbons (Fsp3) is 0.318. The highest BCUT2D eigenvalue weighted by Gasteiger charge is 2.34. The molecule has 8 nitrogen and oxygen atoms in total. The second kappa shape index (κ2) is 10.4. The van der Waals surface area contributed by atoms with E-state index >= 15 is 0 Å². The number of amides is 3. The predicted octanol–water partition coefficient (Wildman–Crippen LogP) is 2.03. The molecule has 3 N–H and O–H groups in total. The minimum Gasteiger partial charge on any atom is -0.445 e. The number of nitrogens with one attached hydrogen (secondary N) is 2. The van der Waals surface area contributed by atoms with E-state index in [0.717, 1.165) is 11.1 Å². The van der Waals surface area contributed by atoms with Crippen LogP contribution in [0.5, 0.6) is 0 Å². The Bertz CT molecular complexity index is 870. The van der Waals surface area contributed by atoms with E-state index in [4.69, 9.17) is 9.84 Å². The van der Waals surface area contributed by atoms with Gasteiger partial charge in [0.15, 0.2) is 0 Å². The lowest BCUT2D eigenvalue weighted by Crippen LogP contribution is -2.47. The minimum absolute atomic E-state index is 0.0695. The van der Waals surface area contributed by atoms with E-state index in [1.165, 1.54) is 4.90 Å². The molecule has 1 aliphatic rings. The number of hydrogen-bond donors (Lipinski definition) is 3. The van der Waals surface area contributed by atoms with Crippen LogP contribution in [0.2, 0.25) is 0 Å². The van der Waals surface area contributed by atoms with Crippen LogP contribution in [0.15, 0.2) is 54.6 Å². The molecule has 0 saturated carbocycles. The van der Waals surface area contributed by atoms with Gasteiger partial charge in [0, 0.05) is 12.2 Å². The fourth-order valence-electron chi connectivity index (χ4n) is 3.28. The molecule has 1 saturated heterocycles. The number of anilines is 1. The highest BCUT2D eigenvalue weighted by Crippen LogP contribution is 2.19. The van der Waals surface area contributed by atoms with Gasteiger partial charge in [-0.3, -0.25) is 9.59 Å². The third-order valence-corrected chi connectivity index (χ3v) is 4.88. The van der Waals surface area contributed by atoms with Crippen LogP contribution in [0.4, 0.5) is 10.5 Å². The molecule has 1 atom stereocenters. The molecule has 3 amide bonds. The molecule has 0 spiro atoms. The smallest absolute Gasteiger partial charge is 0.407 e. The zero-order valence-electron chi connectivity index (χ0n) is 16.5. The number of aliphatic hydroxyl groups excluding tert-OH is 1. The van der Waals surface area contributed by atoms with Gasteiger partial charge < -0.3 is 25.4 Å². The summed E-state index contributed by atoms with van der Waals surface area (Å²) in [4.78, 5) is 38.5. The van der Waals surface area contributed by atoms with E-state index in [-0.39, 0.29) is 31.6 Å². The van der Waals surface area contributed by atoms with Crippen molar-refractivity contribution in [3.8, 4) is 0 Å². The lowest BCUT2D eigenvalue weighted by Gasteiger charge is -2.24. The Morgan fingerprint density at radius 3 is 2.47 bits per heavy atom. The Hall–Kier alpha value is -3.39.